The number of ether oxygens (including phenoxy) is 4. The Morgan fingerprint density at radius 1 is 0.607 bits per heavy atom. The van der Waals surface area contributed by atoms with Crippen LogP contribution < -0.4 is 10.6 Å². The molecule has 8 rings (SSSR count). The van der Waals surface area contributed by atoms with Gasteiger partial charge in [-0.05, 0) is 74.9 Å². The third kappa shape index (κ3) is 13.9. The Balaban J connectivity index is 0.000000241. The highest BCUT2D eigenvalue weighted by Gasteiger charge is 2.52. The van der Waals surface area contributed by atoms with Crippen LogP contribution in [0.25, 0.3) is 22.3 Å². The van der Waals surface area contributed by atoms with Crippen LogP contribution in [0.4, 0.5) is 35.9 Å². The molecular weight excluding hydrogens is 1160 g/mol. The second-order valence-corrected chi connectivity index (χ2v) is 25.4. The van der Waals surface area contributed by atoms with Gasteiger partial charge < -0.3 is 39.4 Å². The van der Waals surface area contributed by atoms with Crippen molar-refractivity contribution in [1.29, 1.82) is 10.5 Å². The zero-order chi connectivity index (χ0) is 61.7. The number of halogens is 6. The summed E-state index contributed by atoms with van der Waals surface area (Å²) in [6, 6.07) is 10.3. The second kappa shape index (κ2) is 25.5. The van der Waals surface area contributed by atoms with Crippen molar-refractivity contribution < 1.29 is 81.3 Å². The van der Waals surface area contributed by atoms with Gasteiger partial charge in [-0.2, -0.15) is 47.1 Å². The molecule has 6 atom stereocenters. The summed E-state index contributed by atoms with van der Waals surface area (Å²) in [5.41, 5.74) is -4.12. The van der Waals surface area contributed by atoms with E-state index in [1.165, 1.54) is 70.3 Å². The fraction of sp³-hybridized carbons (Fsp3) is 0.556. The molecule has 22 nitrogen and oxygen atoms in total. The Labute approximate surface area is 481 Å². The molecule has 456 valence electrons. The summed E-state index contributed by atoms with van der Waals surface area (Å²) >= 11 is 0. The van der Waals surface area contributed by atoms with Crippen molar-refractivity contribution in [2.24, 2.45) is 25.9 Å². The summed E-state index contributed by atoms with van der Waals surface area (Å²) in [7, 11) is -3.31. The van der Waals surface area contributed by atoms with Gasteiger partial charge in [-0.15, -0.1) is 0 Å². The molecule has 2 aromatic heterocycles. The van der Waals surface area contributed by atoms with Gasteiger partial charge in [0.2, 0.25) is 11.8 Å². The standard InChI is InChI=1S/2C27H32F3N5O6S/c2*1-4-41-25(37)35-9-7-26(16-31,8-10-35)33-24(36)20-12-19(13-22(20)40-3)42(38,39)23-6-5-17(11-21(23)27(28,29)30)18-14-32-34(2)15-18/h2*5-6,11,14-15,19-20,22H,4,7-10,12-13H2,1-3H3,(H,33,36)/t2*19-,20-,22-/m10/s1. The first-order valence-corrected chi connectivity index (χ1v) is 29.8. The number of rotatable bonds is 14. The lowest BCUT2D eigenvalue weighted by Crippen LogP contribution is -2.57. The number of alkyl halides is 6. The van der Waals surface area contributed by atoms with Crippen LogP contribution in [0.15, 0.2) is 71.0 Å². The molecule has 4 amide bonds. The van der Waals surface area contributed by atoms with Crippen molar-refractivity contribution in [3.8, 4) is 34.4 Å². The Morgan fingerprint density at radius 3 is 1.23 bits per heavy atom. The summed E-state index contributed by atoms with van der Waals surface area (Å²) in [6.07, 6.45) is -7.47. The molecule has 4 fully saturated rings. The molecule has 2 N–H and O–H groups in total. The molecule has 2 saturated carbocycles. The van der Waals surface area contributed by atoms with Crippen LogP contribution in [0.5, 0.6) is 0 Å². The number of methoxy groups -OCH3 is 2. The minimum absolute atomic E-state index is 0.123. The van der Waals surface area contributed by atoms with Gasteiger partial charge in [0.25, 0.3) is 0 Å². The van der Waals surface area contributed by atoms with Crippen LogP contribution in [-0.4, -0.2) is 158 Å². The number of nitriles is 2. The van der Waals surface area contributed by atoms with E-state index in [1.54, 1.807) is 27.9 Å². The minimum Gasteiger partial charge on any atom is -0.450 e. The highest BCUT2D eigenvalue weighted by atomic mass is 32.2. The van der Waals surface area contributed by atoms with Crippen molar-refractivity contribution in [1.82, 2.24) is 40.0 Å². The van der Waals surface area contributed by atoms with Gasteiger partial charge >= 0.3 is 24.5 Å². The maximum absolute atomic E-state index is 14.1. The summed E-state index contributed by atoms with van der Waals surface area (Å²) in [6.45, 7) is 4.38. The van der Waals surface area contributed by atoms with E-state index in [2.05, 4.69) is 33.0 Å². The van der Waals surface area contributed by atoms with E-state index in [9.17, 15) is 72.9 Å². The zero-order valence-electron chi connectivity index (χ0n) is 46.7. The molecule has 30 heteroatoms. The fourth-order valence-corrected chi connectivity index (χ4v) is 15.1. The predicted octanol–water partition coefficient (Wildman–Crippen LogP) is 6.61. The third-order valence-corrected chi connectivity index (χ3v) is 20.2. The van der Waals surface area contributed by atoms with E-state index in [1.807, 2.05) is 0 Å². The number of likely N-dealkylation sites (tertiary alicyclic amines) is 2. The van der Waals surface area contributed by atoms with Crippen molar-refractivity contribution in [2.75, 3.05) is 53.6 Å². The van der Waals surface area contributed by atoms with Crippen LogP contribution in [0.2, 0.25) is 0 Å². The monoisotopic (exact) mass is 1220 g/mol. The molecule has 84 heavy (non-hydrogen) atoms. The molecule has 2 aliphatic heterocycles. The molecule has 4 aromatic rings. The van der Waals surface area contributed by atoms with Gasteiger partial charge in [-0.3, -0.25) is 19.0 Å². The fourth-order valence-electron chi connectivity index (χ4n) is 11.1. The summed E-state index contributed by atoms with van der Waals surface area (Å²) in [5, 5.41) is 30.5. The number of hydrogen-bond acceptors (Lipinski definition) is 16. The summed E-state index contributed by atoms with van der Waals surface area (Å²) < 4.78 is 163. The molecule has 4 heterocycles. The molecule has 0 spiro atoms. The second-order valence-electron chi connectivity index (χ2n) is 21.0. The van der Waals surface area contributed by atoms with E-state index in [0.29, 0.717) is 11.1 Å². The topological polar surface area (TPSA) is 287 Å². The average molecular weight is 1220 g/mol. The largest absolute Gasteiger partial charge is 0.450 e. The number of aryl methyl sites for hydroxylation is 2. The number of aromatic nitrogens is 4. The van der Waals surface area contributed by atoms with Crippen LogP contribution in [-0.2, 0) is 74.7 Å². The number of nitrogens with one attached hydrogen (secondary N) is 2. The minimum atomic E-state index is -4.96. The van der Waals surface area contributed by atoms with Crippen molar-refractivity contribution in [3.05, 3.63) is 72.3 Å². The van der Waals surface area contributed by atoms with Crippen LogP contribution >= 0.6 is 0 Å². The molecular formula is C54H64F6N10O12S2. The van der Waals surface area contributed by atoms with Crippen molar-refractivity contribution in [3.63, 3.8) is 0 Å². The van der Waals surface area contributed by atoms with Gasteiger partial charge in [0, 0.05) is 104 Å². The number of nitrogens with zero attached hydrogens (tertiary/aromatic N) is 8. The van der Waals surface area contributed by atoms with Crippen molar-refractivity contribution in [2.45, 2.75) is 121 Å². The molecule has 0 bridgehead atoms. The average Bonchev–Trinajstić information content (AvgIpc) is 2.64. The number of carbonyl (C=O) groups excluding carboxylic acids is 4. The summed E-state index contributed by atoms with van der Waals surface area (Å²) in [4.78, 5) is 51.9. The lowest BCUT2D eigenvalue weighted by Gasteiger charge is -2.38. The van der Waals surface area contributed by atoms with Gasteiger partial charge in [-0.25, -0.2) is 26.4 Å². The molecule has 0 unspecified atom stereocenters. The molecule has 2 saturated heterocycles. The summed E-state index contributed by atoms with van der Waals surface area (Å²) in [5.74, 6) is -3.30. The van der Waals surface area contributed by atoms with Gasteiger partial charge in [0.15, 0.2) is 19.7 Å². The first-order chi connectivity index (χ1) is 39.5. The van der Waals surface area contributed by atoms with Crippen molar-refractivity contribution >= 4 is 43.7 Å². The normalized spacial score (nSPS) is 22.4. The van der Waals surface area contributed by atoms with E-state index in [0.717, 1.165) is 24.3 Å². The Bertz CT molecular complexity index is 3180. The third-order valence-electron chi connectivity index (χ3n) is 15.8. The predicted molar refractivity (Wildman–Crippen MR) is 285 cm³/mol. The Hall–Kier alpha value is -7.28. The maximum Gasteiger partial charge on any atom is 0.417 e. The number of sulfone groups is 2. The van der Waals surface area contributed by atoms with Crippen LogP contribution in [0, 0.1) is 34.5 Å². The Morgan fingerprint density at radius 2 is 0.952 bits per heavy atom. The highest BCUT2D eigenvalue weighted by molar-refractivity contribution is 7.92. The van der Waals surface area contributed by atoms with Crippen LogP contribution in [0.3, 0.4) is 0 Å². The molecule has 2 aromatic carbocycles. The number of amides is 4. The van der Waals surface area contributed by atoms with Crippen LogP contribution in [0.1, 0.15) is 76.3 Å². The number of benzene rings is 2. The zero-order valence-corrected chi connectivity index (χ0v) is 48.3. The number of carbonyl (C=O) groups is 4. The molecule has 0 radical (unpaired) electrons. The van der Waals surface area contributed by atoms with E-state index in [4.69, 9.17) is 18.9 Å². The number of hydrogen-bond donors (Lipinski definition) is 2. The van der Waals surface area contributed by atoms with Gasteiger partial charge in [-0.1, -0.05) is 12.1 Å². The molecule has 2 aliphatic carbocycles. The van der Waals surface area contributed by atoms with E-state index < -0.39 is 123 Å². The smallest absolute Gasteiger partial charge is 0.417 e. The Kier molecular flexibility index (Phi) is 19.5. The van der Waals surface area contributed by atoms with Gasteiger partial charge in [0.1, 0.15) is 11.1 Å². The number of piperidine rings is 2. The van der Waals surface area contributed by atoms with E-state index in [-0.39, 0.29) is 102 Å². The van der Waals surface area contributed by atoms with Gasteiger partial charge in [0.05, 0.1) is 93.2 Å². The quantitative estimate of drug-likeness (QED) is 0.126. The highest BCUT2D eigenvalue weighted by Crippen LogP contribution is 2.45. The lowest BCUT2D eigenvalue weighted by molar-refractivity contribution is -0.140. The van der Waals surface area contributed by atoms with E-state index >= 15 is 0 Å². The first-order valence-electron chi connectivity index (χ1n) is 26.7. The maximum atomic E-state index is 14.1. The SMILES string of the molecule is CCOC(=O)N1CCC(C#N)(NC(=O)[C@@H]2C[C@@H](S(=O)(=O)c3ccc(-c4cnn(C)c4)cc3C(F)(F)F)C[C@H]2OC)CC1.CCOC(=O)N1CCC(C#N)(NC(=O)[C@H]2C[C@H](S(=O)(=O)c3ccc(-c4cnn(C)c4)cc3C(F)(F)F)C[C@@H]2OC)CC1. The first kappa shape index (κ1) is 64.3. The molecule has 4 aliphatic rings. The lowest BCUT2D eigenvalue weighted by atomic mass is 9.88.